The van der Waals surface area contributed by atoms with E-state index >= 15 is 0 Å². The second-order valence-electron chi connectivity index (χ2n) is 6.50. The maximum absolute atomic E-state index is 13.1. The van der Waals surface area contributed by atoms with Crippen LogP contribution in [0.3, 0.4) is 0 Å². The molecule has 138 valence electrons. The van der Waals surface area contributed by atoms with Crippen molar-refractivity contribution in [3.63, 3.8) is 0 Å². The fraction of sp³-hybridized carbons (Fsp3) is 0.238. The lowest BCUT2D eigenvalue weighted by molar-refractivity contribution is 0.0437. The molecule has 0 saturated heterocycles. The molecule has 0 fully saturated rings. The lowest BCUT2D eigenvalue weighted by Crippen LogP contribution is -2.43. The summed E-state index contributed by atoms with van der Waals surface area (Å²) in [7, 11) is 1.92. The summed E-state index contributed by atoms with van der Waals surface area (Å²) in [6.07, 6.45) is 3.36. The third kappa shape index (κ3) is 3.79. The molecule has 6 nitrogen and oxygen atoms in total. The Labute approximate surface area is 158 Å². The van der Waals surface area contributed by atoms with Crippen LogP contribution in [0.5, 0.6) is 11.5 Å². The first-order valence-electron chi connectivity index (χ1n) is 8.90. The van der Waals surface area contributed by atoms with E-state index in [9.17, 15) is 4.79 Å². The van der Waals surface area contributed by atoms with Crippen LogP contribution in [0.25, 0.3) is 0 Å². The van der Waals surface area contributed by atoms with Crippen LogP contribution in [0.2, 0.25) is 0 Å². The van der Waals surface area contributed by atoms with E-state index in [2.05, 4.69) is 4.98 Å². The SMILES string of the molecule is Cn1ccnc1CN(CC1COc2ccccc2O1)C(=O)c1ccccc1. The Balaban J connectivity index is 1.55. The van der Waals surface area contributed by atoms with Crippen LogP contribution in [0.1, 0.15) is 16.2 Å². The van der Waals surface area contributed by atoms with Crippen molar-refractivity contribution in [3.05, 3.63) is 78.4 Å². The van der Waals surface area contributed by atoms with Gasteiger partial charge in [-0.25, -0.2) is 4.98 Å². The number of carbonyl (C=O) groups is 1. The van der Waals surface area contributed by atoms with E-state index < -0.39 is 0 Å². The van der Waals surface area contributed by atoms with Gasteiger partial charge >= 0.3 is 0 Å². The standard InChI is InChI=1S/C21H21N3O3/c1-23-12-11-22-20(23)14-24(21(25)16-7-3-2-4-8-16)13-17-15-26-18-9-5-6-10-19(18)27-17/h2-12,17H,13-15H2,1H3. The normalized spacial score (nSPS) is 15.4. The number of hydrogen-bond acceptors (Lipinski definition) is 4. The first-order chi connectivity index (χ1) is 13.2. The van der Waals surface area contributed by atoms with E-state index in [-0.39, 0.29) is 12.0 Å². The molecule has 1 aliphatic rings. The number of fused-ring (bicyclic) bond motifs is 1. The van der Waals surface area contributed by atoms with Gasteiger partial charge in [-0.05, 0) is 24.3 Å². The number of amides is 1. The largest absolute Gasteiger partial charge is 0.486 e. The fourth-order valence-corrected chi connectivity index (χ4v) is 3.10. The zero-order chi connectivity index (χ0) is 18.6. The Kier molecular flexibility index (Phi) is 4.78. The third-order valence-corrected chi connectivity index (χ3v) is 4.55. The molecular weight excluding hydrogens is 342 g/mol. The van der Waals surface area contributed by atoms with Crippen LogP contribution in [-0.4, -0.2) is 39.6 Å². The fourth-order valence-electron chi connectivity index (χ4n) is 3.10. The summed E-state index contributed by atoms with van der Waals surface area (Å²) in [5.74, 6) is 2.20. The smallest absolute Gasteiger partial charge is 0.254 e. The van der Waals surface area contributed by atoms with Gasteiger partial charge in [0.05, 0.1) is 13.1 Å². The van der Waals surface area contributed by atoms with Gasteiger partial charge in [0.25, 0.3) is 5.91 Å². The molecule has 4 rings (SSSR count). The maximum atomic E-state index is 13.1. The predicted molar refractivity (Wildman–Crippen MR) is 101 cm³/mol. The van der Waals surface area contributed by atoms with E-state index in [1.807, 2.05) is 72.4 Å². The van der Waals surface area contributed by atoms with Crippen LogP contribution >= 0.6 is 0 Å². The summed E-state index contributed by atoms with van der Waals surface area (Å²) in [5, 5.41) is 0. The van der Waals surface area contributed by atoms with Gasteiger partial charge in [0.2, 0.25) is 0 Å². The average molecular weight is 363 g/mol. The van der Waals surface area contributed by atoms with Gasteiger partial charge in [-0.2, -0.15) is 0 Å². The molecule has 27 heavy (non-hydrogen) atoms. The van der Waals surface area contributed by atoms with Crippen LogP contribution in [0.15, 0.2) is 67.0 Å². The van der Waals surface area contributed by atoms with Gasteiger partial charge in [-0.3, -0.25) is 4.79 Å². The van der Waals surface area contributed by atoms with Crippen molar-refractivity contribution in [1.29, 1.82) is 0 Å². The minimum absolute atomic E-state index is 0.0546. The van der Waals surface area contributed by atoms with E-state index in [0.717, 1.165) is 11.6 Å². The summed E-state index contributed by atoms with van der Waals surface area (Å²) < 4.78 is 13.8. The summed E-state index contributed by atoms with van der Waals surface area (Å²) in [6, 6.07) is 16.8. The molecule has 0 bridgehead atoms. The van der Waals surface area contributed by atoms with Crippen LogP contribution in [0.4, 0.5) is 0 Å². The number of para-hydroxylation sites is 2. The number of ether oxygens (including phenoxy) is 2. The highest BCUT2D eigenvalue weighted by molar-refractivity contribution is 5.94. The molecule has 2 heterocycles. The molecule has 6 heteroatoms. The molecule has 1 aliphatic heterocycles. The van der Waals surface area contributed by atoms with Crippen LogP contribution in [0, 0.1) is 0 Å². The van der Waals surface area contributed by atoms with Crippen LogP contribution < -0.4 is 9.47 Å². The van der Waals surface area contributed by atoms with Crippen molar-refractivity contribution in [1.82, 2.24) is 14.5 Å². The molecular formula is C21H21N3O3. The highest BCUT2D eigenvalue weighted by Crippen LogP contribution is 2.31. The highest BCUT2D eigenvalue weighted by Gasteiger charge is 2.26. The third-order valence-electron chi connectivity index (χ3n) is 4.55. The molecule has 2 aromatic carbocycles. The zero-order valence-electron chi connectivity index (χ0n) is 15.1. The monoisotopic (exact) mass is 363 g/mol. The van der Waals surface area contributed by atoms with Gasteiger partial charge in [0.15, 0.2) is 17.6 Å². The van der Waals surface area contributed by atoms with Crippen LogP contribution in [-0.2, 0) is 13.6 Å². The van der Waals surface area contributed by atoms with Gasteiger partial charge < -0.3 is 18.9 Å². The molecule has 1 aromatic heterocycles. The number of imidazole rings is 1. The number of aromatic nitrogens is 2. The second-order valence-corrected chi connectivity index (χ2v) is 6.50. The molecule has 0 spiro atoms. The summed E-state index contributed by atoms with van der Waals surface area (Å²) in [4.78, 5) is 19.2. The van der Waals surface area contributed by atoms with Crippen molar-refractivity contribution in [2.45, 2.75) is 12.6 Å². The zero-order valence-corrected chi connectivity index (χ0v) is 15.1. The summed E-state index contributed by atoms with van der Waals surface area (Å²) in [5.41, 5.74) is 0.642. The molecule has 1 unspecified atom stereocenters. The van der Waals surface area contributed by atoms with E-state index in [0.29, 0.717) is 31.0 Å². The molecule has 0 radical (unpaired) electrons. The van der Waals surface area contributed by atoms with Gasteiger partial charge in [-0.15, -0.1) is 0 Å². The average Bonchev–Trinajstić information content (AvgIpc) is 3.12. The number of rotatable bonds is 5. The molecule has 1 atom stereocenters. The number of hydrogen-bond donors (Lipinski definition) is 0. The number of nitrogens with zero attached hydrogens (tertiary/aromatic N) is 3. The summed E-state index contributed by atoms with van der Waals surface area (Å²) in [6.45, 7) is 1.21. The first-order valence-corrected chi connectivity index (χ1v) is 8.90. The van der Waals surface area contributed by atoms with Crippen molar-refractivity contribution in [2.75, 3.05) is 13.2 Å². The van der Waals surface area contributed by atoms with Gasteiger partial charge in [-0.1, -0.05) is 30.3 Å². The molecule has 0 saturated carbocycles. The Hall–Kier alpha value is -3.28. The van der Waals surface area contributed by atoms with Crippen molar-refractivity contribution in [3.8, 4) is 11.5 Å². The molecule has 1 amide bonds. The Morgan fingerprint density at radius 1 is 1.15 bits per heavy atom. The van der Waals surface area contributed by atoms with E-state index in [1.165, 1.54) is 0 Å². The Bertz CT molecular complexity index is 923. The first kappa shape index (κ1) is 17.1. The highest BCUT2D eigenvalue weighted by atomic mass is 16.6. The number of aryl methyl sites for hydroxylation is 1. The lowest BCUT2D eigenvalue weighted by Gasteiger charge is -2.31. The van der Waals surface area contributed by atoms with E-state index in [4.69, 9.17) is 9.47 Å². The topological polar surface area (TPSA) is 56.6 Å². The quantitative estimate of drug-likeness (QED) is 0.699. The number of benzene rings is 2. The molecule has 0 N–H and O–H groups in total. The predicted octanol–water partition coefficient (Wildman–Crippen LogP) is 2.90. The van der Waals surface area contributed by atoms with Crippen molar-refractivity contribution in [2.24, 2.45) is 7.05 Å². The second kappa shape index (κ2) is 7.53. The van der Waals surface area contributed by atoms with Gasteiger partial charge in [0, 0.05) is 25.0 Å². The lowest BCUT2D eigenvalue weighted by atomic mass is 10.2. The Morgan fingerprint density at radius 2 is 1.89 bits per heavy atom. The molecule has 3 aromatic rings. The van der Waals surface area contributed by atoms with E-state index in [1.54, 1.807) is 11.1 Å². The minimum Gasteiger partial charge on any atom is -0.486 e. The summed E-state index contributed by atoms with van der Waals surface area (Å²) >= 11 is 0. The molecule has 0 aliphatic carbocycles. The minimum atomic E-state index is -0.243. The van der Waals surface area contributed by atoms with Gasteiger partial charge in [0.1, 0.15) is 12.4 Å². The Morgan fingerprint density at radius 3 is 2.63 bits per heavy atom. The maximum Gasteiger partial charge on any atom is 0.254 e. The van der Waals surface area contributed by atoms with Crippen molar-refractivity contribution >= 4 is 5.91 Å². The number of carbonyl (C=O) groups excluding carboxylic acids is 1. The van der Waals surface area contributed by atoms with Crippen molar-refractivity contribution < 1.29 is 14.3 Å².